The first-order valence-corrected chi connectivity index (χ1v) is 10.2. The van der Waals surface area contributed by atoms with E-state index in [2.05, 4.69) is 25.6 Å². The Labute approximate surface area is 176 Å². The number of ether oxygens (including phenoxy) is 1. The Morgan fingerprint density at radius 2 is 1.87 bits per heavy atom. The molecule has 1 heterocycles. The van der Waals surface area contributed by atoms with Gasteiger partial charge >= 0.3 is 6.61 Å². The predicted octanol–water partition coefficient (Wildman–Crippen LogP) is 3.33. The molecule has 0 aliphatic rings. The molecule has 0 fully saturated rings. The number of aryl methyl sites for hydroxylation is 2. The lowest BCUT2D eigenvalue weighted by Gasteiger charge is -2.10. The molecule has 0 saturated heterocycles. The molecule has 1 N–H and O–H groups in total. The molecule has 10 heteroatoms. The lowest BCUT2D eigenvalue weighted by Crippen LogP contribution is -2.27. The minimum absolute atomic E-state index is 0.107. The number of benzene rings is 2. The highest BCUT2D eigenvalue weighted by Crippen LogP contribution is 2.23. The van der Waals surface area contributed by atoms with Crippen molar-refractivity contribution >= 4 is 17.7 Å². The van der Waals surface area contributed by atoms with E-state index < -0.39 is 6.61 Å². The summed E-state index contributed by atoms with van der Waals surface area (Å²) in [5.74, 6) is 0.136. The van der Waals surface area contributed by atoms with E-state index in [1.165, 1.54) is 23.9 Å². The summed E-state index contributed by atoms with van der Waals surface area (Å²) >= 11 is 1.26. The van der Waals surface area contributed by atoms with Gasteiger partial charge in [0.25, 0.3) is 0 Å². The zero-order valence-corrected chi connectivity index (χ0v) is 17.3. The normalized spacial score (nSPS) is 11.0. The molecule has 0 saturated carbocycles. The van der Waals surface area contributed by atoms with Gasteiger partial charge in [-0.05, 0) is 59.5 Å². The van der Waals surface area contributed by atoms with E-state index in [-0.39, 0.29) is 17.4 Å². The van der Waals surface area contributed by atoms with E-state index in [1.54, 1.807) is 16.8 Å². The summed E-state index contributed by atoms with van der Waals surface area (Å²) in [5.41, 5.74) is 3.89. The van der Waals surface area contributed by atoms with Crippen LogP contribution in [0.15, 0.2) is 47.6 Å². The van der Waals surface area contributed by atoms with Crippen molar-refractivity contribution in [2.45, 2.75) is 32.0 Å². The number of hydrogen-bond donors (Lipinski definition) is 1. The number of hydrogen-bond acceptors (Lipinski definition) is 6. The molecule has 0 radical (unpaired) electrons. The molecule has 158 valence electrons. The quantitative estimate of drug-likeness (QED) is 0.522. The molecule has 7 nitrogen and oxygen atoms in total. The molecular formula is C20H21F2N5O2S. The molecule has 30 heavy (non-hydrogen) atoms. The zero-order valence-electron chi connectivity index (χ0n) is 16.5. The van der Waals surface area contributed by atoms with Crippen LogP contribution in [-0.4, -0.2) is 45.0 Å². The third-order valence-corrected chi connectivity index (χ3v) is 5.23. The first-order chi connectivity index (χ1) is 14.4. The van der Waals surface area contributed by atoms with Gasteiger partial charge in [-0.1, -0.05) is 42.1 Å². The molecule has 0 bridgehead atoms. The average Bonchev–Trinajstić information content (AvgIpc) is 3.15. The van der Waals surface area contributed by atoms with Crippen molar-refractivity contribution in [1.82, 2.24) is 25.5 Å². The van der Waals surface area contributed by atoms with Gasteiger partial charge in [0, 0.05) is 6.54 Å². The number of tetrazole rings is 1. The van der Waals surface area contributed by atoms with Gasteiger partial charge in [0.1, 0.15) is 5.75 Å². The van der Waals surface area contributed by atoms with Gasteiger partial charge in [0.15, 0.2) is 0 Å². The molecule has 1 amide bonds. The lowest BCUT2D eigenvalue weighted by atomic mass is 10.1. The second kappa shape index (κ2) is 10.1. The topological polar surface area (TPSA) is 81.9 Å². The number of thioether (sulfide) groups is 1. The van der Waals surface area contributed by atoms with E-state index in [4.69, 9.17) is 0 Å². The van der Waals surface area contributed by atoms with Crippen molar-refractivity contribution in [3.05, 3.63) is 59.2 Å². The summed E-state index contributed by atoms with van der Waals surface area (Å²) in [6, 6.07) is 12.3. The number of para-hydroxylation sites is 1. The monoisotopic (exact) mass is 433 g/mol. The smallest absolute Gasteiger partial charge is 0.387 e. The van der Waals surface area contributed by atoms with E-state index in [1.807, 2.05) is 32.0 Å². The van der Waals surface area contributed by atoms with Crippen LogP contribution in [0.25, 0.3) is 5.69 Å². The largest absolute Gasteiger partial charge is 0.435 e. The number of alkyl halides is 2. The number of amides is 1. The Morgan fingerprint density at radius 3 is 2.53 bits per heavy atom. The third kappa shape index (κ3) is 5.76. The van der Waals surface area contributed by atoms with Gasteiger partial charge in [-0.3, -0.25) is 4.79 Å². The summed E-state index contributed by atoms with van der Waals surface area (Å²) in [6.07, 6.45) is 0.575. The SMILES string of the molecule is Cc1cccc(C)c1-n1nnnc1SCC(=O)NCCc1ccc(OC(F)F)cc1. The van der Waals surface area contributed by atoms with E-state index in [9.17, 15) is 13.6 Å². The van der Waals surface area contributed by atoms with Crippen LogP contribution in [0, 0.1) is 13.8 Å². The van der Waals surface area contributed by atoms with Crippen LogP contribution in [0.2, 0.25) is 0 Å². The maximum absolute atomic E-state index is 12.2. The number of halogens is 2. The highest BCUT2D eigenvalue weighted by molar-refractivity contribution is 7.99. The molecule has 0 aliphatic heterocycles. The Balaban J connectivity index is 1.49. The van der Waals surface area contributed by atoms with E-state index >= 15 is 0 Å². The summed E-state index contributed by atoms with van der Waals surface area (Å²) in [7, 11) is 0. The van der Waals surface area contributed by atoms with Gasteiger partial charge in [0.2, 0.25) is 11.1 Å². The van der Waals surface area contributed by atoms with Crippen LogP contribution in [0.5, 0.6) is 5.75 Å². The fourth-order valence-corrected chi connectivity index (χ4v) is 3.62. The molecule has 3 aromatic rings. The van der Waals surface area contributed by atoms with Crippen LogP contribution >= 0.6 is 11.8 Å². The number of carbonyl (C=O) groups is 1. The maximum Gasteiger partial charge on any atom is 0.387 e. The zero-order chi connectivity index (χ0) is 21.5. The number of nitrogens with zero attached hydrogens (tertiary/aromatic N) is 4. The number of carbonyl (C=O) groups excluding carboxylic acids is 1. The molecule has 0 unspecified atom stereocenters. The van der Waals surface area contributed by atoms with Crippen molar-refractivity contribution in [3.8, 4) is 11.4 Å². The molecule has 1 aromatic heterocycles. The molecule has 3 rings (SSSR count). The maximum atomic E-state index is 12.2. The van der Waals surface area contributed by atoms with Crippen molar-refractivity contribution in [2.24, 2.45) is 0 Å². The number of aromatic nitrogens is 4. The fourth-order valence-electron chi connectivity index (χ4n) is 2.91. The average molecular weight is 433 g/mol. The fraction of sp³-hybridized carbons (Fsp3) is 0.300. The van der Waals surface area contributed by atoms with Crippen LogP contribution in [-0.2, 0) is 11.2 Å². The Morgan fingerprint density at radius 1 is 1.17 bits per heavy atom. The molecule has 0 aliphatic carbocycles. The van der Waals surface area contributed by atoms with Gasteiger partial charge in [-0.15, -0.1) is 5.10 Å². The number of rotatable bonds is 9. The van der Waals surface area contributed by atoms with Crippen molar-refractivity contribution < 1.29 is 18.3 Å². The Hall–Kier alpha value is -3.01. The lowest BCUT2D eigenvalue weighted by molar-refractivity contribution is -0.118. The minimum Gasteiger partial charge on any atom is -0.435 e. The van der Waals surface area contributed by atoms with Crippen LogP contribution in [0.3, 0.4) is 0 Å². The minimum atomic E-state index is -2.84. The molecule has 2 aromatic carbocycles. The predicted molar refractivity (Wildman–Crippen MR) is 109 cm³/mol. The third-order valence-electron chi connectivity index (χ3n) is 4.31. The molecular weight excluding hydrogens is 412 g/mol. The summed E-state index contributed by atoms with van der Waals surface area (Å²) in [5, 5.41) is 15.2. The van der Waals surface area contributed by atoms with E-state index in [0.29, 0.717) is 18.1 Å². The van der Waals surface area contributed by atoms with Crippen molar-refractivity contribution in [3.63, 3.8) is 0 Å². The van der Waals surface area contributed by atoms with Crippen molar-refractivity contribution in [2.75, 3.05) is 12.3 Å². The summed E-state index contributed by atoms with van der Waals surface area (Å²) < 4.78 is 30.3. The van der Waals surface area contributed by atoms with Crippen LogP contribution in [0.1, 0.15) is 16.7 Å². The second-order valence-corrected chi connectivity index (χ2v) is 7.47. The standard InChI is InChI=1S/C20H21F2N5O2S/c1-13-4-3-5-14(2)18(13)27-20(24-25-26-27)30-12-17(28)23-11-10-15-6-8-16(9-7-15)29-19(21)22/h3-9,19H,10-12H2,1-2H3,(H,23,28). The highest BCUT2D eigenvalue weighted by atomic mass is 32.2. The highest BCUT2D eigenvalue weighted by Gasteiger charge is 2.14. The van der Waals surface area contributed by atoms with Gasteiger partial charge in [-0.25, -0.2) is 0 Å². The summed E-state index contributed by atoms with van der Waals surface area (Å²) in [4.78, 5) is 12.2. The van der Waals surface area contributed by atoms with E-state index in [0.717, 1.165) is 22.4 Å². The van der Waals surface area contributed by atoms with Gasteiger partial charge < -0.3 is 10.1 Å². The molecule has 0 atom stereocenters. The second-order valence-electron chi connectivity index (χ2n) is 6.52. The van der Waals surface area contributed by atoms with Gasteiger partial charge in [-0.2, -0.15) is 13.5 Å². The first kappa shape index (κ1) is 21.7. The Bertz CT molecular complexity index is 975. The van der Waals surface area contributed by atoms with Crippen LogP contribution < -0.4 is 10.1 Å². The van der Waals surface area contributed by atoms with Crippen molar-refractivity contribution in [1.29, 1.82) is 0 Å². The van der Waals surface area contributed by atoms with Crippen LogP contribution in [0.4, 0.5) is 8.78 Å². The Kier molecular flexibility index (Phi) is 7.34. The molecule has 0 spiro atoms. The number of nitrogens with one attached hydrogen (secondary N) is 1. The first-order valence-electron chi connectivity index (χ1n) is 9.22. The summed E-state index contributed by atoms with van der Waals surface area (Å²) in [6.45, 7) is 1.55. The van der Waals surface area contributed by atoms with Gasteiger partial charge in [0.05, 0.1) is 11.4 Å².